The van der Waals surface area contributed by atoms with Gasteiger partial charge in [0, 0.05) is 0 Å². The summed E-state index contributed by atoms with van der Waals surface area (Å²) in [5, 5.41) is 7.12. The van der Waals surface area contributed by atoms with E-state index in [0.29, 0.717) is 17.2 Å². The maximum Gasteiger partial charge on any atom is 0.490 e. The van der Waals surface area contributed by atoms with Crippen molar-refractivity contribution in [1.82, 2.24) is 4.72 Å². The predicted molar refractivity (Wildman–Crippen MR) is 82.1 cm³/mol. The van der Waals surface area contributed by atoms with Gasteiger partial charge >= 0.3 is 12.1 Å². The van der Waals surface area contributed by atoms with Gasteiger partial charge in [0.1, 0.15) is 11.4 Å². The number of carboxylic acids is 1. The zero-order valence-electron chi connectivity index (χ0n) is 13.0. The third kappa shape index (κ3) is 9.38. The Kier molecular flexibility index (Phi) is 9.41. The molecular weight excluding hydrogens is 349 g/mol. The van der Waals surface area contributed by atoms with Crippen molar-refractivity contribution >= 4 is 23.2 Å². The molecule has 1 aromatic rings. The van der Waals surface area contributed by atoms with E-state index in [1.54, 1.807) is 24.3 Å². The highest BCUT2D eigenvalue weighted by molar-refractivity contribution is 7.90. The molecule has 1 unspecified atom stereocenters. The van der Waals surface area contributed by atoms with E-state index >= 15 is 0 Å². The minimum absolute atomic E-state index is 0.334. The van der Waals surface area contributed by atoms with Crippen LogP contribution in [0.3, 0.4) is 0 Å². The number of halogens is 3. The summed E-state index contributed by atoms with van der Waals surface area (Å²) < 4.78 is 45.9. The number of carbonyl (C=O) groups excluding carboxylic acids is 1. The normalized spacial score (nSPS) is 13.5. The molecule has 0 heterocycles. The van der Waals surface area contributed by atoms with Gasteiger partial charge in [-0.15, -0.1) is 0 Å². The number of aliphatic carboxylic acids is 1. The van der Waals surface area contributed by atoms with Crippen LogP contribution < -0.4 is 10.5 Å². The van der Waals surface area contributed by atoms with Crippen LogP contribution in [0, 0.1) is 5.92 Å². The second kappa shape index (κ2) is 10.2. The molecule has 0 spiro atoms. The molecule has 4 N–H and O–H groups in total. The summed E-state index contributed by atoms with van der Waals surface area (Å²) in [4.78, 5) is 21.1. The minimum Gasteiger partial charge on any atom is -0.588 e. The van der Waals surface area contributed by atoms with Crippen molar-refractivity contribution in [2.45, 2.75) is 37.4 Å². The predicted octanol–water partition coefficient (Wildman–Crippen LogP) is 1.83. The van der Waals surface area contributed by atoms with Crippen LogP contribution in [0.15, 0.2) is 35.2 Å². The summed E-state index contributed by atoms with van der Waals surface area (Å²) in [6.45, 7) is 3.97. The van der Waals surface area contributed by atoms with Crippen LogP contribution in [0.2, 0.25) is 0 Å². The molecule has 0 aliphatic rings. The molecule has 0 saturated heterocycles. The quantitative estimate of drug-likeness (QED) is 0.686. The number of hydrogen-bond donors (Lipinski definition) is 3. The standard InChI is InChI=1S/C12H18N2O2S.C2HF3O2/c1-9(2)8-11(13)12(15)14-17(16)10-6-4-3-5-7-10;3-2(4,5)1(6)7/h3-7,9,11H,8,13H2,1-2H3,(H,14,15);(H,6,7)/t11-,17?;/m0./s1. The van der Waals surface area contributed by atoms with E-state index in [1.165, 1.54) is 0 Å². The number of alkyl halides is 3. The van der Waals surface area contributed by atoms with Gasteiger partial charge in [-0.25, -0.2) is 4.79 Å². The monoisotopic (exact) mass is 368 g/mol. The molecule has 0 aliphatic carbocycles. The number of carbonyl (C=O) groups is 2. The largest absolute Gasteiger partial charge is 0.588 e. The number of carboxylic acid groups (broad SMARTS) is 1. The maximum absolute atomic E-state index is 11.8. The van der Waals surface area contributed by atoms with Crippen LogP contribution in [-0.4, -0.2) is 33.8 Å². The van der Waals surface area contributed by atoms with E-state index in [2.05, 4.69) is 4.72 Å². The Hall–Kier alpha value is -1.78. The Morgan fingerprint density at radius 2 is 1.75 bits per heavy atom. The summed E-state index contributed by atoms with van der Waals surface area (Å²) in [6.07, 6.45) is -4.50. The number of benzene rings is 1. The van der Waals surface area contributed by atoms with Crippen molar-refractivity contribution in [3.8, 4) is 0 Å². The van der Waals surface area contributed by atoms with E-state index in [1.807, 2.05) is 19.9 Å². The molecule has 0 saturated carbocycles. The Morgan fingerprint density at radius 3 is 2.12 bits per heavy atom. The molecule has 1 aromatic carbocycles. The van der Waals surface area contributed by atoms with Gasteiger partial charge in [-0.1, -0.05) is 32.0 Å². The lowest BCUT2D eigenvalue weighted by atomic mass is 10.0. The van der Waals surface area contributed by atoms with Crippen molar-refractivity contribution in [1.29, 1.82) is 0 Å². The van der Waals surface area contributed by atoms with Crippen molar-refractivity contribution < 1.29 is 32.4 Å². The second-order valence-electron chi connectivity index (χ2n) is 5.09. The van der Waals surface area contributed by atoms with Crippen LogP contribution in [0.4, 0.5) is 13.2 Å². The summed E-state index contributed by atoms with van der Waals surface area (Å²) in [7, 11) is 0. The molecule has 136 valence electrons. The molecule has 6 nitrogen and oxygen atoms in total. The first-order valence-corrected chi connectivity index (χ1v) is 7.93. The van der Waals surface area contributed by atoms with Crippen molar-refractivity contribution in [2.75, 3.05) is 0 Å². The first kappa shape index (κ1) is 22.2. The Labute approximate surface area is 140 Å². The third-order valence-corrected chi connectivity index (χ3v) is 3.54. The van der Waals surface area contributed by atoms with Crippen LogP contribution >= 0.6 is 0 Å². The smallest absolute Gasteiger partial charge is 0.490 e. The molecule has 1 rings (SSSR count). The summed E-state index contributed by atoms with van der Waals surface area (Å²) in [6, 6.07) is 8.16. The average molecular weight is 368 g/mol. The van der Waals surface area contributed by atoms with Crippen molar-refractivity contribution in [3.05, 3.63) is 30.3 Å². The highest BCUT2D eigenvalue weighted by Crippen LogP contribution is 2.13. The topological polar surface area (TPSA) is 115 Å². The van der Waals surface area contributed by atoms with Gasteiger partial charge in [0.15, 0.2) is 4.90 Å². The fourth-order valence-corrected chi connectivity index (χ4v) is 2.24. The lowest BCUT2D eigenvalue weighted by molar-refractivity contribution is -0.192. The Morgan fingerprint density at radius 1 is 1.29 bits per heavy atom. The van der Waals surface area contributed by atoms with Gasteiger partial charge in [-0.2, -0.15) is 17.9 Å². The summed E-state index contributed by atoms with van der Waals surface area (Å²) >= 11 is -1.53. The van der Waals surface area contributed by atoms with E-state index in [-0.39, 0.29) is 5.91 Å². The number of nitrogens with two attached hydrogens (primary N) is 1. The van der Waals surface area contributed by atoms with Crippen LogP contribution in [0.5, 0.6) is 0 Å². The molecule has 10 heteroatoms. The molecule has 0 bridgehead atoms. The van der Waals surface area contributed by atoms with Crippen molar-refractivity contribution in [2.24, 2.45) is 11.7 Å². The minimum atomic E-state index is -5.08. The highest BCUT2D eigenvalue weighted by atomic mass is 32.2. The number of rotatable bonds is 5. The summed E-state index contributed by atoms with van der Waals surface area (Å²) in [5.41, 5.74) is 5.70. The van der Waals surface area contributed by atoms with E-state index in [9.17, 15) is 22.5 Å². The number of nitrogens with one attached hydrogen (secondary N) is 1. The van der Waals surface area contributed by atoms with Crippen LogP contribution in [-0.2, 0) is 21.0 Å². The molecule has 0 aromatic heterocycles. The van der Waals surface area contributed by atoms with E-state index in [4.69, 9.17) is 15.6 Å². The zero-order valence-corrected chi connectivity index (χ0v) is 13.9. The second-order valence-corrected chi connectivity index (χ2v) is 6.30. The lowest BCUT2D eigenvalue weighted by Gasteiger charge is -2.15. The van der Waals surface area contributed by atoms with E-state index < -0.39 is 29.5 Å². The molecular formula is C14H19F3N2O4S. The highest BCUT2D eigenvalue weighted by Gasteiger charge is 2.38. The first-order chi connectivity index (χ1) is 10.9. The summed E-state index contributed by atoms with van der Waals surface area (Å²) in [5.74, 6) is -2.80. The fraction of sp³-hybridized carbons (Fsp3) is 0.429. The number of hydrogen-bond acceptors (Lipinski definition) is 4. The molecule has 1 amide bonds. The lowest BCUT2D eigenvalue weighted by Crippen LogP contribution is -2.43. The Bertz CT molecular complexity index is 527. The van der Waals surface area contributed by atoms with Gasteiger partial charge in [-0.3, -0.25) is 4.79 Å². The average Bonchev–Trinajstić information content (AvgIpc) is 2.47. The third-order valence-electron chi connectivity index (χ3n) is 2.46. The van der Waals surface area contributed by atoms with Gasteiger partial charge in [0.2, 0.25) is 0 Å². The van der Waals surface area contributed by atoms with Crippen molar-refractivity contribution in [3.63, 3.8) is 0 Å². The first-order valence-electron chi connectivity index (χ1n) is 6.78. The van der Waals surface area contributed by atoms with E-state index in [0.717, 1.165) is 0 Å². The maximum atomic E-state index is 11.8. The van der Waals surface area contributed by atoms with Gasteiger partial charge in [0.05, 0.1) is 6.04 Å². The van der Waals surface area contributed by atoms with Gasteiger partial charge < -0.3 is 15.4 Å². The van der Waals surface area contributed by atoms with Crippen LogP contribution in [0.25, 0.3) is 0 Å². The molecule has 0 aliphatic heterocycles. The van der Waals surface area contributed by atoms with Gasteiger partial charge in [-0.05, 0) is 24.5 Å². The molecule has 0 fully saturated rings. The zero-order chi connectivity index (χ0) is 18.9. The molecule has 0 radical (unpaired) electrons. The Balaban J connectivity index is 0.000000640. The van der Waals surface area contributed by atoms with Crippen LogP contribution in [0.1, 0.15) is 20.3 Å². The van der Waals surface area contributed by atoms with Gasteiger partial charge in [0.25, 0.3) is 5.91 Å². The molecule has 24 heavy (non-hydrogen) atoms. The number of amides is 1. The molecule has 2 atom stereocenters. The SMILES string of the molecule is CC(C)C[C@H](N)C(=O)N[S+]([O-])c1ccccc1.O=C(O)C(F)(F)F. The fourth-order valence-electron chi connectivity index (χ4n) is 1.38.